The molecule has 0 saturated carbocycles. The van der Waals surface area contributed by atoms with Gasteiger partial charge in [-0.3, -0.25) is 5.01 Å². The van der Waals surface area contributed by atoms with Gasteiger partial charge in [-0.25, -0.2) is 10.8 Å². The lowest BCUT2D eigenvalue weighted by atomic mass is 10.2. The van der Waals surface area contributed by atoms with Crippen molar-refractivity contribution in [3.05, 3.63) is 11.1 Å². The molecular weight excluding hydrogens is 202 g/mol. The van der Waals surface area contributed by atoms with Gasteiger partial charge >= 0.3 is 0 Å². The molecule has 0 bridgehead atoms. The van der Waals surface area contributed by atoms with E-state index in [0.29, 0.717) is 18.3 Å². The largest absolute Gasteiger partial charge is 0.279 e. The summed E-state index contributed by atoms with van der Waals surface area (Å²) in [5.74, 6) is 6.93. The van der Waals surface area contributed by atoms with Crippen molar-refractivity contribution in [1.82, 2.24) is 15.0 Å². The second-order valence-electron chi connectivity index (χ2n) is 3.20. The van der Waals surface area contributed by atoms with Gasteiger partial charge in [-0.1, -0.05) is 13.8 Å². The molecule has 0 atom stereocenters. The maximum absolute atomic E-state index is 5.75. The lowest BCUT2D eigenvalue weighted by Crippen LogP contribution is -2.32. The van der Waals surface area contributed by atoms with Gasteiger partial charge < -0.3 is 0 Å². The summed E-state index contributed by atoms with van der Waals surface area (Å²) in [6, 6.07) is 0. The Balaban J connectivity index is 3.07. The molecule has 0 fully saturated rings. The van der Waals surface area contributed by atoms with E-state index >= 15 is 0 Å². The lowest BCUT2D eigenvalue weighted by Gasteiger charge is -2.14. The fraction of sp³-hybridized carbons (Fsp3) is 0.625. The molecule has 1 heterocycles. The zero-order valence-electron chi connectivity index (χ0n) is 8.53. The van der Waals surface area contributed by atoms with E-state index in [1.165, 1.54) is 5.01 Å². The number of nitrogens with two attached hydrogens (primary N) is 1. The van der Waals surface area contributed by atoms with Gasteiger partial charge in [0.05, 0.1) is 0 Å². The number of hydrazine groups is 1. The SMILES string of the molecule is CCN(N)c1nc(Cl)nc(C(C)C)n1. The number of halogens is 1. The minimum Gasteiger partial charge on any atom is -0.279 e. The number of rotatable bonds is 3. The summed E-state index contributed by atoms with van der Waals surface area (Å²) >= 11 is 5.75. The molecule has 6 heteroatoms. The maximum atomic E-state index is 5.75. The fourth-order valence-corrected chi connectivity index (χ4v) is 1.04. The Kier molecular flexibility index (Phi) is 3.60. The number of hydrogen-bond donors (Lipinski definition) is 1. The topological polar surface area (TPSA) is 67.9 Å². The van der Waals surface area contributed by atoms with Crippen LogP contribution in [-0.2, 0) is 0 Å². The van der Waals surface area contributed by atoms with E-state index in [4.69, 9.17) is 17.4 Å². The van der Waals surface area contributed by atoms with Crippen molar-refractivity contribution in [2.24, 2.45) is 5.84 Å². The van der Waals surface area contributed by atoms with Crippen LogP contribution < -0.4 is 10.9 Å². The lowest BCUT2D eigenvalue weighted by molar-refractivity contribution is 0.736. The molecule has 0 amide bonds. The molecule has 78 valence electrons. The quantitative estimate of drug-likeness (QED) is 0.609. The second-order valence-corrected chi connectivity index (χ2v) is 3.54. The average molecular weight is 216 g/mol. The molecule has 0 unspecified atom stereocenters. The Morgan fingerprint density at radius 1 is 1.36 bits per heavy atom. The summed E-state index contributed by atoms with van der Waals surface area (Å²) in [6.45, 7) is 6.51. The monoisotopic (exact) mass is 215 g/mol. The highest BCUT2D eigenvalue weighted by atomic mass is 35.5. The molecule has 5 nitrogen and oxygen atoms in total. The van der Waals surface area contributed by atoms with Crippen molar-refractivity contribution in [3.8, 4) is 0 Å². The predicted molar refractivity (Wildman–Crippen MR) is 56.1 cm³/mol. The summed E-state index contributed by atoms with van der Waals surface area (Å²) in [6.07, 6.45) is 0. The number of nitrogens with zero attached hydrogens (tertiary/aromatic N) is 4. The maximum Gasteiger partial charge on any atom is 0.244 e. The van der Waals surface area contributed by atoms with Crippen molar-refractivity contribution in [1.29, 1.82) is 0 Å². The van der Waals surface area contributed by atoms with Crippen molar-refractivity contribution < 1.29 is 0 Å². The Morgan fingerprint density at radius 2 is 2.00 bits per heavy atom. The molecule has 1 aromatic rings. The first kappa shape index (κ1) is 11.1. The third-order valence-electron chi connectivity index (χ3n) is 1.73. The van der Waals surface area contributed by atoms with E-state index in [2.05, 4.69) is 15.0 Å². The molecule has 2 N–H and O–H groups in total. The van der Waals surface area contributed by atoms with E-state index in [1.54, 1.807) is 0 Å². The highest BCUT2D eigenvalue weighted by Gasteiger charge is 2.10. The molecule has 1 aromatic heterocycles. The van der Waals surface area contributed by atoms with Crippen LogP contribution in [0.5, 0.6) is 0 Å². The molecule has 0 aliphatic carbocycles. The number of aromatic nitrogens is 3. The molecule has 0 spiro atoms. The average Bonchev–Trinajstić information content (AvgIpc) is 2.15. The predicted octanol–water partition coefficient (Wildman–Crippen LogP) is 1.35. The third kappa shape index (κ3) is 2.52. The molecule has 1 rings (SSSR count). The fourth-order valence-electron chi connectivity index (χ4n) is 0.883. The number of hydrogen-bond acceptors (Lipinski definition) is 5. The minimum absolute atomic E-state index is 0.183. The molecule has 0 aliphatic heterocycles. The summed E-state index contributed by atoms with van der Waals surface area (Å²) in [5.41, 5.74) is 0. The van der Waals surface area contributed by atoms with E-state index in [9.17, 15) is 0 Å². The first-order valence-electron chi connectivity index (χ1n) is 4.48. The van der Waals surface area contributed by atoms with Crippen molar-refractivity contribution in [2.75, 3.05) is 11.6 Å². The zero-order valence-corrected chi connectivity index (χ0v) is 9.28. The summed E-state index contributed by atoms with van der Waals surface area (Å²) < 4.78 is 0. The van der Waals surface area contributed by atoms with Gasteiger partial charge in [0.25, 0.3) is 0 Å². The summed E-state index contributed by atoms with van der Waals surface area (Å²) in [5, 5.41) is 1.61. The zero-order chi connectivity index (χ0) is 10.7. The Bertz CT molecular complexity index is 315. The van der Waals surface area contributed by atoms with Crippen LogP contribution in [0.4, 0.5) is 5.95 Å². The molecular formula is C8H14ClN5. The van der Waals surface area contributed by atoms with E-state index < -0.39 is 0 Å². The molecule has 0 saturated heterocycles. The van der Waals surface area contributed by atoms with Gasteiger partial charge in [-0.15, -0.1) is 0 Å². The van der Waals surface area contributed by atoms with Gasteiger partial charge in [-0.05, 0) is 18.5 Å². The van der Waals surface area contributed by atoms with Gasteiger partial charge in [0.2, 0.25) is 11.2 Å². The highest BCUT2D eigenvalue weighted by molar-refractivity contribution is 6.28. The summed E-state index contributed by atoms with van der Waals surface area (Å²) in [7, 11) is 0. The van der Waals surface area contributed by atoms with E-state index in [-0.39, 0.29) is 11.2 Å². The molecule has 0 aromatic carbocycles. The van der Waals surface area contributed by atoms with Crippen LogP contribution in [0, 0.1) is 0 Å². The van der Waals surface area contributed by atoms with Crippen LogP contribution in [0.15, 0.2) is 0 Å². The van der Waals surface area contributed by atoms with Crippen LogP contribution in [0.3, 0.4) is 0 Å². The molecule has 0 radical (unpaired) electrons. The second kappa shape index (κ2) is 4.52. The van der Waals surface area contributed by atoms with Gasteiger partial charge in [0.1, 0.15) is 5.82 Å². The standard InChI is InChI=1S/C8H14ClN5/c1-4-14(10)8-12-6(5(2)3)11-7(9)13-8/h5H,4,10H2,1-3H3. The first-order chi connectivity index (χ1) is 6.54. The van der Waals surface area contributed by atoms with Gasteiger partial charge in [0, 0.05) is 12.5 Å². The van der Waals surface area contributed by atoms with Crippen LogP contribution >= 0.6 is 11.6 Å². The Hall–Kier alpha value is -0.940. The highest BCUT2D eigenvalue weighted by Crippen LogP contribution is 2.14. The normalized spacial score (nSPS) is 10.7. The van der Waals surface area contributed by atoms with Crippen molar-refractivity contribution in [2.45, 2.75) is 26.7 Å². The van der Waals surface area contributed by atoms with Crippen LogP contribution in [0.25, 0.3) is 0 Å². The summed E-state index contributed by atoms with van der Waals surface area (Å²) in [4.78, 5) is 12.1. The number of anilines is 1. The first-order valence-corrected chi connectivity index (χ1v) is 4.86. The van der Waals surface area contributed by atoms with Crippen molar-refractivity contribution >= 4 is 17.5 Å². The van der Waals surface area contributed by atoms with Gasteiger partial charge in [-0.2, -0.15) is 9.97 Å². The van der Waals surface area contributed by atoms with E-state index in [1.807, 2.05) is 20.8 Å². The molecule has 0 aliphatic rings. The van der Waals surface area contributed by atoms with Gasteiger partial charge in [0.15, 0.2) is 0 Å². The van der Waals surface area contributed by atoms with Crippen LogP contribution in [-0.4, -0.2) is 21.5 Å². The van der Waals surface area contributed by atoms with Crippen LogP contribution in [0.2, 0.25) is 5.28 Å². The minimum atomic E-state index is 0.183. The Morgan fingerprint density at radius 3 is 2.50 bits per heavy atom. The van der Waals surface area contributed by atoms with Crippen molar-refractivity contribution in [3.63, 3.8) is 0 Å². The smallest absolute Gasteiger partial charge is 0.244 e. The molecule has 14 heavy (non-hydrogen) atoms. The van der Waals surface area contributed by atoms with E-state index in [0.717, 1.165) is 0 Å². The third-order valence-corrected chi connectivity index (χ3v) is 1.90. The Labute approximate surface area is 88.3 Å². The van der Waals surface area contributed by atoms with Crippen LogP contribution in [0.1, 0.15) is 32.5 Å².